The molecule has 0 fully saturated rings. The first-order valence-electron chi connectivity index (χ1n) is 15.2. The number of aliphatic hydroxyl groups excluding tert-OH is 1. The summed E-state index contributed by atoms with van der Waals surface area (Å²) in [5, 5.41) is 23.5. The molecule has 0 unspecified atom stereocenters. The van der Waals surface area contributed by atoms with E-state index in [1.54, 1.807) is 30.3 Å². The van der Waals surface area contributed by atoms with Crippen LogP contribution >= 0.6 is 0 Å². The molecule has 0 spiro atoms. The average Bonchev–Trinajstić information content (AvgIpc) is 3.00. The maximum atomic E-state index is 13.6. The Bertz CT molecular complexity index is 1690. The molecular formula is C36H41N5O5. The van der Waals surface area contributed by atoms with E-state index in [4.69, 9.17) is 0 Å². The van der Waals surface area contributed by atoms with Crippen LogP contribution in [0.1, 0.15) is 55.6 Å². The van der Waals surface area contributed by atoms with Crippen molar-refractivity contribution >= 4 is 40.2 Å². The highest BCUT2D eigenvalue weighted by Crippen LogP contribution is 2.18. The Labute approximate surface area is 269 Å². The molecule has 0 saturated carbocycles. The molecule has 240 valence electrons. The summed E-state index contributed by atoms with van der Waals surface area (Å²) in [4.78, 5) is 56.1. The Morgan fingerprint density at radius 3 is 2.24 bits per heavy atom. The molecule has 0 aliphatic heterocycles. The van der Waals surface area contributed by atoms with Crippen LogP contribution in [0, 0.1) is 0 Å². The monoisotopic (exact) mass is 623 g/mol. The van der Waals surface area contributed by atoms with E-state index in [0.717, 1.165) is 16.5 Å². The normalized spacial score (nSPS) is 13.2. The van der Waals surface area contributed by atoms with E-state index in [1.807, 2.05) is 75.4 Å². The van der Waals surface area contributed by atoms with Gasteiger partial charge in [-0.3, -0.25) is 24.2 Å². The molecule has 10 heteroatoms. The lowest BCUT2D eigenvalue weighted by Gasteiger charge is -2.28. The third-order valence-corrected chi connectivity index (χ3v) is 7.23. The largest absolute Gasteiger partial charge is 0.391 e. The Morgan fingerprint density at radius 1 is 0.848 bits per heavy atom. The van der Waals surface area contributed by atoms with Gasteiger partial charge in [-0.2, -0.15) is 0 Å². The molecule has 10 nitrogen and oxygen atoms in total. The maximum Gasteiger partial charge on any atom is 0.251 e. The first-order chi connectivity index (χ1) is 21.9. The first kappa shape index (κ1) is 33.8. The number of pyridine rings is 1. The van der Waals surface area contributed by atoms with Crippen molar-refractivity contribution in [1.29, 1.82) is 0 Å². The fourth-order valence-corrected chi connectivity index (χ4v) is 5.12. The predicted molar refractivity (Wildman–Crippen MR) is 178 cm³/mol. The summed E-state index contributed by atoms with van der Waals surface area (Å²) in [6.07, 6.45) is 0.419. The van der Waals surface area contributed by atoms with Crippen molar-refractivity contribution < 1.29 is 24.3 Å². The number of fused-ring (bicyclic) bond motifs is 1. The van der Waals surface area contributed by atoms with Gasteiger partial charge in [-0.1, -0.05) is 66.7 Å². The van der Waals surface area contributed by atoms with Crippen molar-refractivity contribution in [1.82, 2.24) is 20.9 Å². The standard InChI is InChI=1S/C36H41N5O5/c1-23(42)38-31(21-33(44)39-27-19-26-15-9-11-17-29(26)37-22-27)35(46)40-30(18-24-12-6-5-7-13-24)32(43)20-25-14-8-10-16-28(25)34(45)41-36(2,3)4/h5-17,19,22,30-32,43H,18,20-21H2,1-4H3,(H,38,42)(H,39,44)(H,40,46)(H,41,45)/t30-,31+,32+/m0/s1. The summed E-state index contributed by atoms with van der Waals surface area (Å²) < 4.78 is 0. The summed E-state index contributed by atoms with van der Waals surface area (Å²) in [6, 6.07) is 23.6. The molecule has 0 aliphatic carbocycles. The van der Waals surface area contributed by atoms with E-state index in [9.17, 15) is 24.3 Å². The minimum atomic E-state index is -1.21. The minimum Gasteiger partial charge on any atom is -0.391 e. The molecule has 5 N–H and O–H groups in total. The van der Waals surface area contributed by atoms with E-state index in [2.05, 4.69) is 26.3 Å². The first-order valence-corrected chi connectivity index (χ1v) is 15.2. The highest BCUT2D eigenvalue weighted by molar-refractivity contribution is 5.98. The quantitative estimate of drug-likeness (QED) is 0.162. The highest BCUT2D eigenvalue weighted by atomic mass is 16.3. The molecule has 0 radical (unpaired) electrons. The van der Waals surface area contributed by atoms with Gasteiger partial charge in [0, 0.05) is 29.8 Å². The number of carbonyl (C=O) groups excluding carboxylic acids is 4. The van der Waals surface area contributed by atoms with Crippen molar-refractivity contribution in [2.24, 2.45) is 0 Å². The lowest BCUT2D eigenvalue weighted by molar-refractivity contribution is -0.131. The topological polar surface area (TPSA) is 150 Å². The Hall–Kier alpha value is -5.09. The van der Waals surface area contributed by atoms with Gasteiger partial charge in [0.1, 0.15) is 6.04 Å². The number of nitrogens with zero attached hydrogens (tertiary/aromatic N) is 1. The van der Waals surface area contributed by atoms with Crippen molar-refractivity contribution in [2.45, 2.75) is 70.7 Å². The number of para-hydroxylation sites is 1. The second-order valence-electron chi connectivity index (χ2n) is 12.4. The van der Waals surface area contributed by atoms with Crippen LogP contribution in [0.4, 0.5) is 5.69 Å². The second-order valence-corrected chi connectivity index (χ2v) is 12.4. The molecule has 0 saturated heterocycles. The van der Waals surface area contributed by atoms with Crippen LogP contribution in [-0.2, 0) is 27.2 Å². The van der Waals surface area contributed by atoms with Gasteiger partial charge in [-0.15, -0.1) is 0 Å². The van der Waals surface area contributed by atoms with E-state index in [1.165, 1.54) is 13.1 Å². The zero-order valence-electron chi connectivity index (χ0n) is 26.5. The van der Waals surface area contributed by atoms with Gasteiger partial charge in [0.05, 0.1) is 36.0 Å². The number of anilines is 1. The number of amides is 4. The van der Waals surface area contributed by atoms with Crippen LogP contribution in [0.3, 0.4) is 0 Å². The van der Waals surface area contributed by atoms with Crippen LogP contribution in [0.5, 0.6) is 0 Å². The number of rotatable bonds is 12. The third-order valence-electron chi connectivity index (χ3n) is 7.23. The lowest BCUT2D eigenvalue weighted by Crippen LogP contribution is -2.54. The summed E-state index contributed by atoms with van der Waals surface area (Å²) in [5.41, 5.74) is 2.68. The third kappa shape index (κ3) is 9.97. The van der Waals surface area contributed by atoms with Gasteiger partial charge < -0.3 is 26.4 Å². The SMILES string of the molecule is CC(=O)N[C@H](CC(=O)Nc1cnc2ccccc2c1)C(=O)N[C@@H](Cc1ccccc1)[C@H](O)Cc1ccccc1C(=O)NC(C)(C)C. The van der Waals surface area contributed by atoms with E-state index in [0.29, 0.717) is 16.8 Å². The van der Waals surface area contributed by atoms with Gasteiger partial charge in [-0.05, 0) is 56.5 Å². The van der Waals surface area contributed by atoms with Crippen LogP contribution in [-0.4, -0.2) is 57.4 Å². The number of nitrogens with one attached hydrogen (secondary N) is 4. The summed E-state index contributed by atoms with van der Waals surface area (Å²) in [5.74, 6) is -1.87. The summed E-state index contributed by atoms with van der Waals surface area (Å²) in [7, 11) is 0. The van der Waals surface area contributed by atoms with Crippen LogP contribution < -0.4 is 21.3 Å². The van der Waals surface area contributed by atoms with Crippen molar-refractivity contribution in [3.8, 4) is 0 Å². The van der Waals surface area contributed by atoms with Crippen molar-refractivity contribution in [3.05, 3.63) is 108 Å². The fourth-order valence-electron chi connectivity index (χ4n) is 5.12. The van der Waals surface area contributed by atoms with E-state index in [-0.39, 0.29) is 25.2 Å². The highest BCUT2D eigenvalue weighted by Gasteiger charge is 2.29. The second kappa shape index (κ2) is 15.3. The number of carbonyl (C=O) groups is 4. The van der Waals surface area contributed by atoms with Gasteiger partial charge in [-0.25, -0.2) is 0 Å². The molecule has 1 aromatic heterocycles. The van der Waals surface area contributed by atoms with Gasteiger partial charge in [0.15, 0.2) is 0 Å². The number of aliphatic hydroxyl groups is 1. The number of benzene rings is 3. The number of hydrogen-bond donors (Lipinski definition) is 5. The van der Waals surface area contributed by atoms with Gasteiger partial charge >= 0.3 is 0 Å². The fraction of sp³-hybridized carbons (Fsp3) is 0.306. The van der Waals surface area contributed by atoms with Crippen LogP contribution in [0.25, 0.3) is 10.9 Å². The molecule has 4 rings (SSSR count). The van der Waals surface area contributed by atoms with E-state index >= 15 is 0 Å². The molecule has 0 bridgehead atoms. The molecule has 3 atom stereocenters. The number of aromatic nitrogens is 1. The van der Waals surface area contributed by atoms with Crippen molar-refractivity contribution in [2.75, 3.05) is 5.32 Å². The number of hydrogen-bond acceptors (Lipinski definition) is 6. The van der Waals surface area contributed by atoms with E-state index < -0.39 is 41.4 Å². The lowest BCUT2D eigenvalue weighted by atomic mass is 9.93. The van der Waals surface area contributed by atoms with Crippen LogP contribution in [0.15, 0.2) is 91.1 Å². The van der Waals surface area contributed by atoms with Gasteiger partial charge in [0.25, 0.3) is 5.91 Å². The summed E-state index contributed by atoms with van der Waals surface area (Å²) >= 11 is 0. The molecule has 1 heterocycles. The predicted octanol–water partition coefficient (Wildman–Crippen LogP) is 3.93. The summed E-state index contributed by atoms with van der Waals surface area (Å²) in [6.45, 7) is 6.93. The molecule has 3 aromatic carbocycles. The van der Waals surface area contributed by atoms with Gasteiger partial charge in [0.2, 0.25) is 17.7 Å². The van der Waals surface area contributed by atoms with Crippen molar-refractivity contribution in [3.63, 3.8) is 0 Å². The smallest absolute Gasteiger partial charge is 0.251 e. The zero-order valence-corrected chi connectivity index (χ0v) is 26.5. The maximum absolute atomic E-state index is 13.6. The molecule has 4 aromatic rings. The molecular weight excluding hydrogens is 582 g/mol. The molecule has 0 aliphatic rings. The Morgan fingerprint density at radius 2 is 1.52 bits per heavy atom. The molecule has 4 amide bonds. The zero-order chi connectivity index (χ0) is 33.3. The Kier molecular flexibility index (Phi) is 11.2. The minimum absolute atomic E-state index is 0.0752. The average molecular weight is 624 g/mol. The molecule has 46 heavy (non-hydrogen) atoms. The van der Waals surface area contributed by atoms with Crippen LogP contribution in [0.2, 0.25) is 0 Å². The Balaban J connectivity index is 1.52.